The quantitative estimate of drug-likeness (QED) is 0.537. The molecule has 1 rings (SSSR count). The van der Waals surface area contributed by atoms with Crippen LogP contribution in [0.3, 0.4) is 0 Å². The zero-order valence-corrected chi connectivity index (χ0v) is 12.1. The Balaban J connectivity index is 2.55. The lowest BCUT2D eigenvalue weighted by Gasteiger charge is -2.18. The fraction of sp³-hybridized carbons (Fsp3) is 0.375. The molecule has 0 aromatic heterocycles. The summed E-state index contributed by atoms with van der Waals surface area (Å²) in [5.74, 6) is -1.49. The molecule has 5 heteroatoms. The van der Waals surface area contributed by atoms with Crippen LogP contribution in [0.4, 0.5) is 0 Å². The van der Waals surface area contributed by atoms with Crippen LogP contribution < -0.4 is 5.32 Å². The SMILES string of the molecule is C=CCCOC(C)C(=O)N[C@H](Cc1ccccc1)C(=O)O. The van der Waals surface area contributed by atoms with Gasteiger partial charge in [-0.05, 0) is 18.9 Å². The van der Waals surface area contributed by atoms with Crippen LogP contribution in [0.1, 0.15) is 18.9 Å². The van der Waals surface area contributed by atoms with Gasteiger partial charge in [-0.3, -0.25) is 4.79 Å². The minimum Gasteiger partial charge on any atom is -0.480 e. The van der Waals surface area contributed by atoms with Gasteiger partial charge in [-0.2, -0.15) is 0 Å². The number of carboxylic acids is 1. The van der Waals surface area contributed by atoms with Gasteiger partial charge in [-0.15, -0.1) is 6.58 Å². The smallest absolute Gasteiger partial charge is 0.326 e. The lowest BCUT2D eigenvalue weighted by molar-refractivity contribution is -0.144. The molecule has 1 aromatic carbocycles. The van der Waals surface area contributed by atoms with Gasteiger partial charge in [-0.25, -0.2) is 4.79 Å². The van der Waals surface area contributed by atoms with Crippen molar-refractivity contribution in [2.45, 2.75) is 31.9 Å². The van der Waals surface area contributed by atoms with E-state index in [2.05, 4.69) is 11.9 Å². The number of amides is 1. The van der Waals surface area contributed by atoms with Crippen LogP contribution in [-0.2, 0) is 20.7 Å². The summed E-state index contributed by atoms with van der Waals surface area (Å²) in [5.41, 5.74) is 0.852. The van der Waals surface area contributed by atoms with Crippen LogP contribution in [0, 0.1) is 0 Å². The lowest BCUT2D eigenvalue weighted by atomic mass is 10.1. The van der Waals surface area contributed by atoms with Gasteiger partial charge >= 0.3 is 5.97 Å². The first kappa shape index (κ1) is 16.9. The van der Waals surface area contributed by atoms with Gasteiger partial charge in [0.2, 0.25) is 5.91 Å². The van der Waals surface area contributed by atoms with Gasteiger partial charge in [0.15, 0.2) is 0 Å². The molecule has 2 N–H and O–H groups in total. The highest BCUT2D eigenvalue weighted by molar-refractivity contribution is 5.86. The molecule has 114 valence electrons. The van der Waals surface area contributed by atoms with E-state index in [1.165, 1.54) is 0 Å². The van der Waals surface area contributed by atoms with E-state index in [-0.39, 0.29) is 6.42 Å². The molecule has 0 aliphatic carbocycles. The number of carbonyl (C=O) groups excluding carboxylic acids is 1. The summed E-state index contributed by atoms with van der Waals surface area (Å²) >= 11 is 0. The normalized spacial score (nSPS) is 13.2. The molecule has 0 saturated heterocycles. The third kappa shape index (κ3) is 6.23. The summed E-state index contributed by atoms with van der Waals surface area (Å²) in [7, 11) is 0. The number of aliphatic carboxylic acids is 1. The molecule has 21 heavy (non-hydrogen) atoms. The molecule has 0 spiro atoms. The molecule has 1 unspecified atom stereocenters. The largest absolute Gasteiger partial charge is 0.480 e. The van der Waals surface area contributed by atoms with E-state index in [1.807, 2.05) is 30.3 Å². The summed E-state index contributed by atoms with van der Waals surface area (Å²) < 4.78 is 5.30. The van der Waals surface area contributed by atoms with Crippen molar-refractivity contribution in [2.24, 2.45) is 0 Å². The zero-order chi connectivity index (χ0) is 15.7. The van der Waals surface area contributed by atoms with E-state index in [0.29, 0.717) is 13.0 Å². The van der Waals surface area contributed by atoms with Crippen LogP contribution >= 0.6 is 0 Å². The molecule has 0 aliphatic rings. The van der Waals surface area contributed by atoms with E-state index in [9.17, 15) is 14.7 Å². The number of rotatable bonds is 9. The highest BCUT2D eigenvalue weighted by Crippen LogP contribution is 2.04. The summed E-state index contributed by atoms with van der Waals surface area (Å²) in [5, 5.41) is 11.7. The molecule has 0 radical (unpaired) electrons. The van der Waals surface area contributed by atoms with Crippen LogP contribution in [0.5, 0.6) is 0 Å². The molecule has 0 heterocycles. The zero-order valence-electron chi connectivity index (χ0n) is 12.1. The second kappa shape index (κ2) is 8.92. The van der Waals surface area contributed by atoms with Crippen molar-refractivity contribution in [3.05, 3.63) is 48.6 Å². The Morgan fingerprint density at radius 1 is 1.38 bits per heavy atom. The van der Waals surface area contributed by atoms with Crippen molar-refractivity contribution in [1.29, 1.82) is 0 Å². The van der Waals surface area contributed by atoms with Gasteiger partial charge in [-0.1, -0.05) is 36.4 Å². The minimum atomic E-state index is -1.06. The molecule has 1 amide bonds. The van der Waals surface area contributed by atoms with Crippen LogP contribution in [0.25, 0.3) is 0 Å². The number of carboxylic acid groups (broad SMARTS) is 1. The minimum absolute atomic E-state index is 0.237. The van der Waals surface area contributed by atoms with Gasteiger partial charge < -0.3 is 15.2 Å². The van der Waals surface area contributed by atoms with Crippen LogP contribution in [0.2, 0.25) is 0 Å². The highest BCUT2D eigenvalue weighted by Gasteiger charge is 2.23. The van der Waals surface area contributed by atoms with Gasteiger partial charge in [0.25, 0.3) is 0 Å². The summed E-state index contributed by atoms with van der Waals surface area (Å²) in [6, 6.07) is 8.20. The number of hydrogen-bond donors (Lipinski definition) is 2. The molecule has 0 aliphatic heterocycles. The first-order chi connectivity index (χ1) is 10.0. The maximum absolute atomic E-state index is 11.9. The molecule has 0 fully saturated rings. The maximum atomic E-state index is 11.9. The molecule has 0 bridgehead atoms. The average Bonchev–Trinajstić information content (AvgIpc) is 2.47. The Morgan fingerprint density at radius 3 is 2.62 bits per heavy atom. The number of hydrogen-bond acceptors (Lipinski definition) is 3. The monoisotopic (exact) mass is 291 g/mol. The Hall–Kier alpha value is -2.14. The molecule has 1 aromatic rings. The second-order valence-electron chi connectivity index (χ2n) is 4.68. The van der Waals surface area contributed by atoms with E-state index in [1.54, 1.807) is 13.0 Å². The fourth-order valence-corrected chi connectivity index (χ4v) is 1.74. The van der Waals surface area contributed by atoms with Gasteiger partial charge in [0, 0.05) is 6.42 Å². The van der Waals surface area contributed by atoms with Gasteiger partial charge in [0.05, 0.1) is 6.61 Å². The van der Waals surface area contributed by atoms with Gasteiger partial charge in [0.1, 0.15) is 12.1 Å². The van der Waals surface area contributed by atoms with E-state index in [0.717, 1.165) is 5.56 Å². The Kier molecular flexibility index (Phi) is 7.18. The third-order valence-electron chi connectivity index (χ3n) is 2.96. The van der Waals surface area contributed by atoms with Crippen molar-refractivity contribution in [2.75, 3.05) is 6.61 Å². The Labute approximate surface area is 124 Å². The summed E-state index contributed by atoms with van der Waals surface area (Å²) in [4.78, 5) is 23.2. The Morgan fingerprint density at radius 2 is 2.05 bits per heavy atom. The highest BCUT2D eigenvalue weighted by atomic mass is 16.5. The molecular formula is C16H21NO4. The van der Waals surface area contributed by atoms with E-state index in [4.69, 9.17) is 4.74 Å². The summed E-state index contributed by atoms with van der Waals surface area (Å²) in [6.07, 6.45) is 1.88. The van der Waals surface area contributed by atoms with Crippen molar-refractivity contribution in [1.82, 2.24) is 5.32 Å². The van der Waals surface area contributed by atoms with Crippen LogP contribution in [0.15, 0.2) is 43.0 Å². The number of ether oxygens (including phenoxy) is 1. The van der Waals surface area contributed by atoms with Crippen molar-refractivity contribution >= 4 is 11.9 Å². The first-order valence-corrected chi connectivity index (χ1v) is 6.84. The van der Waals surface area contributed by atoms with E-state index < -0.39 is 24.0 Å². The first-order valence-electron chi connectivity index (χ1n) is 6.84. The number of nitrogens with one attached hydrogen (secondary N) is 1. The fourth-order valence-electron chi connectivity index (χ4n) is 1.74. The predicted molar refractivity (Wildman–Crippen MR) is 79.9 cm³/mol. The van der Waals surface area contributed by atoms with E-state index >= 15 is 0 Å². The van der Waals surface area contributed by atoms with Crippen molar-refractivity contribution < 1.29 is 19.4 Å². The molecule has 2 atom stereocenters. The number of carbonyl (C=O) groups is 2. The maximum Gasteiger partial charge on any atom is 0.326 e. The lowest BCUT2D eigenvalue weighted by Crippen LogP contribution is -2.46. The number of benzene rings is 1. The molecular weight excluding hydrogens is 270 g/mol. The predicted octanol–water partition coefficient (Wildman–Crippen LogP) is 1.78. The van der Waals surface area contributed by atoms with Crippen molar-refractivity contribution in [3.63, 3.8) is 0 Å². The molecule has 0 saturated carbocycles. The average molecular weight is 291 g/mol. The standard InChI is InChI=1S/C16H21NO4/c1-3-4-10-21-12(2)15(18)17-14(16(19)20)11-13-8-6-5-7-9-13/h3,5-9,12,14H,1,4,10-11H2,2H3,(H,17,18)(H,19,20)/t12?,14-/m1/s1. The summed E-state index contributed by atoms with van der Waals surface area (Å²) in [6.45, 7) is 5.54. The van der Waals surface area contributed by atoms with Crippen LogP contribution in [-0.4, -0.2) is 35.7 Å². The topological polar surface area (TPSA) is 75.6 Å². The second-order valence-corrected chi connectivity index (χ2v) is 4.68. The molecule has 5 nitrogen and oxygen atoms in total. The third-order valence-corrected chi connectivity index (χ3v) is 2.96. The Bertz CT molecular complexity index is 472. The van der Waals surface area contributed by atoms with Crippen molar-refractivity contribution in [3.8, 4) is 0 Å².